The van der Waals surface area contributed by atoms with Gasteiger partial charge in [-0.15, -0.1) is 0 Å². The third-order valence-electron chi connectivity index (χ3n) is 4.19. The first kappa shape index (κ1) is 22.1. The number of carbonyl (C=O) groups excluding carboxylic acids is 1. The van der Waals surface area contributed by atoms with E-state index >= 15 is 0 Å². The fraction of sp³-hybridized carbons (Fsp3) is 0.211. The Bertz CT molecular complexity index is 1240. The van der Waals surface area contributed by atoms with Gasteiger partial charge in [0, 0.05) is 16.7 Å². The molecule has 1 unspecified atom stereocenters. The minimum Gasteiger partial charge on any atom is -0.458 e. The van der Waals surface area contributed by atoms with Crippen LogP contribution in [0.1, 0.15) is 11.3 Å². The lowest BCUT2D eigenvalue weighted by atomic mass is 10.3. The highest BCUT2D eigenvalue weighted by molar-refractivity contribution is 9.10. The summed E-state index contributed by atoms with van der Waals surface area (Å²) in [4.78, 5) is 28.7. The zero-order chi connectivity index (χ0) is 21.9. The van der Waals surface area contributed by atoms with Gasteiger partial charge in [0.2, 0.25) is 10.0 Å². The molecule has 3 aromatic rings. The maximum absolute atomic E-state index is 12.4. The van der Waals surface area contributed by atoms with Crippen molar-refractivity contribution in [2.24, 2.45) is 0 Å². The van der Waals surface area contributed by atoms with Gasteiger partial charge in [-0.1, -0.05) is 22.0 Å². The number of carbonyl (C=O) groups is 1. The van der Waals surface area contributed by atoms with Gasteiger partial charge in [-0.3, -0.25) is 14.0 Å². The van der Waals surface area contributed by atoms with Crippen molar-refractivity contribution in [2.45, 2.75) is 24.5 Å². The van der Waals surface area contributed by atoms with Crippen LogP contribution < -0.4 is 10.3 Å². The average Bonchev–Trinajstić information content (AvgIpc) is 2.71. The van der Waals surface area contributed by atoms with Crippen LogP contribution in [0.3, 0.4) is 0 Å². The van der Waals surface area contributed by atoms with Crippen LogP contribution in [0.15, 0.2) is 62.8 Å². The van der Waals surface area contributed by atoms with Crippen molar-refractivity contribution in [1.29, 1.82) is 0 Å². The number of fused-ring (bicyclic) bond motifs is 1. The van der Waals surface area contributed by atoms with E-state index in [1.807, 2.05) is 0 Å². The lowest BCUT2D eigenvalue weighted by Gasteiger charge is -2.16. The monoisotopic (exact) mass is 495 g/mol. The van der Waals surface area contributed by atoms with Crippen LogP contribution in [-0.4, -0.2) is 41.5 Å². The highest BCUT2D eigenvalue weighted by atomic mass is 79.9. The molecule has 0 amide bonds. The number of sulfonamides is 1. The Labute approximate surface area is 180 Å². The highest BCUT2D eigenvalue weighted by Crippen LogP contribution is 2.15. The van der Waals surface area contributed by atoms with Gasteiger partial charge < -0.3 is 9.84 Å². The first-order valence-corrected chi connectivity index (χ1v) is 11.0. The predicted molar refractivity (Wildman–Crippen MR) is 111 cm³/mol. The van der Waals surface area contributed by atoms with Gasteiger partial charge in [0.05, 0.1) is 17.2 Å². The number of esters is 1. The number of ether oxygens (including phenoxy) is 1. The van der Waals surface area contributed by atoms with Crippen LogP contribution >= 0.6 is 15.9 Å². The van der Waals surface area contributed by atoms with Crippen molar-refractivity contribution in [3.63, 3.8) is 0 Å². The SMILES string of the molecule is Cc1cccn2c(=O)cc(COC(=O)C(CO)NS(=O)(=O)c3ccc(Br)cc3)nc12. The van der Waals surface area contributed by atoms with Crippen LogP contribution in [0.25, 0.3) is 5.65 Å². The Balaban J connectivity index is 1.73. The molecule has 0 aliphatic carbocycles. The van der Waals surface area contributed by atoms with Crippen LogP contribution in [-0.2, 0) is 26.2 Å². The third kappa shape index (κ3) is 4.93. The zero-order valence-corrected chi connectivity index (χ0v) is 18.2. The van der Waals surface area contributed by atoms with E-state index in [-0.39, 0.29) is 22.8 Å². The van der Waals surface area contributed by atoms with Gasteiger partial charge >= 0.3 is 5.97 Å². The van der Waals surface area contributed by atoms with Gasteiger partial charge in [0.25, 0.3) is 5.56 Å². The quantitative estimate of drug-likeness (QED) is 0.470. The van der Waals surface area contributed by atoms with Crippen LogP contribution in [0, 0.1) is 6.92 Å². The summed E-state index contributed by atoms with van der Waals surface area (Å²) in [6, 6.07) is 8.98. The van der Waals surface area contributed by atoms with Crippen molar-refractivity contribution < 1.29 is 23.1 Å². The average molecular weight is 496 g/mol. The number of benzene rings is 1. The summed E-state index contributed by atoms with van der Waals surface area (Å²) in [5.41, 5.74) is 1.04. The molecule has 0 saturated heterocycles. The Morgan fingerprint density at radius 2 is 2.00 bits per heavy atom. The molecule has 0 bridgehead atoms. The number of aliphatic hydroxyl groups is 1. The van der Waals surface area contributed by atoms with Crippen molar-refractivity contribution >= 4 is 37.6 Å². The lowest BCUT2D eigenvalue weighted by molar-refractivity contribution is -0.148. The number of nitrogens with one attached hydrogen (secondary N) is 1. The molecule has 2 heterocycles. The number of pyridine rings is 1. The van der Waals surface area contributed by atoms with Crippen LogP contribution in [0.5, 0.6) is 0 Å². The minimum absolute atomic E-state index is 0.0726. The summed E-state index contributed by atoms with van der Waals surface area (Å²) in [6.07, 6.45) is 1.58. The molecule has 1 aromatic carbocycles. The molecule has 0 aliphatic rings. The summed E-state index contributed by atoms with van der Waals surface area (Å²) in [5.74, 6) is -0.995. The Morgan fingerprint density at radius 1 is 1.30 bits per heavy atom. The summed E-state index contributed by atoms with van der Waals surface area (Å²) in [6.45, 7) is 0.632. The smallest absolute Gasteiger partial charge is 0.326 e. The number of hydrogen-bond donors (Lipinski definition) is 2. The van der Waals surface area contributed by atoms with Crippen molar-refractivity contribution in [1.82, 2.24) is 14.1 Å². The van der Waals surface area contributed by atoms with E-state index < -0.39 is 28.6 Å². The normalized spacial score (nSPS) is 12.6. The molecule has 158 valence electrons. The van der Waals surface area contributed by atoms with Crippen molar-refractivity contribution in [3.05, 3.63) is 74.7 Å². The number of aromatic nitrogens is 2. The molecular formula is C19H18BrN3O6S. The molecule has 0 radical (unpaired) electrons. The van der Waals surface area contributed by atoms with Gasteiger partial charge in [0.1, 0.15) is 18.3 Å². The maximum Gasteiger partial charge on any atom is 0.326 e. The molecule has 0 fully saturated rings. The molecule has 11 heteroatoms. The summed E-state index contributed by atoms with van der Waals surface area (Å²) < 4.78 is 34.1. The predicted octanol–water partition coefficient (Wildman–Crippen LogP) is 1.15. The van der Waals surface area contributed by atoms with Gasteiger partial charge in [-0.2, -0.15) is 4.72 Å². The number of hydrogen-bond acceptors (Lipinski definition) is 7. The van der Waals surface area contributed by atoms with E-state index in [0.29, 0.717) is 10.1 Å². The first-order valence-electron chi connectivity index (χ1n) is 8.74. The molecule has 0 aliphatic heterocycles. The molecule has 0 saturated carbocycles. The molecule has 3 rings (SSSR count). The van der Waals surface area contributed by atoms with E-state index in [9.17, 15) is 23.1 Å². The van der Waals surface area contributed by atoms with E-state index in [4.69, 9.17) is 4.74 Å². The van der Waals surface area contributed by atoms with E-state index in [1.54, 1.807) is 25.3 Å². The fourth-order valence-electron chi connectivity index (χ4n) is 2.66. The van der Waals surface area contributed by atoms with Gasteiger partial charge in [-0.25, -0.2) is 13.4 Å². The number of rotatable bonds is 7. The molecule has 30 heavy (non-hydrogen) atoms. The summed E-state index contributed by atoms with van der Waals surface area (Å²) in [7, 11) is -4.06. The van der Waals surface area contributed by atoms with Crippen LogP contribution in [0.2, 0.25) is 0 Å². The Hall–Kier alpha value is -2.60. The number of aryl methyl sites for hydroxylation is 1. The Morgan fingerprint density at radius 3 is 2.67 bits per heavy atom. The highest BCUT2D eigenvalue weighted by Gasteiger charge is 2.26. The standard InChI is InChI=1S/C19H18BrN3O6S/c1-12-3-2-8-23-17(25)9-14(21-18(12)23)11-29-19(26)16(10-24)22-30(27,28)15-6-4-13(20)5-7-15/h2-9,16,22,24H,10-11H2,1H3. The largest absolute Gasteiger partial charge is 0.458 e. The second-order valence-corrected chi connectivity index (χ2v) is 9.02. The van der Waals surface area contributed by atoms with E-state index in [1.165, 1.54) is 34.7 Å². The lowest BCUT2D eigenvalue weighted by Crippen LogP contribution is -2.44. The zero-order valence-electron chi connectivity index (χ0n) is 15.8. The maximum atomic E-state index is 12.4. The minimum atomic E-state index is -4.06. The van der Waals surface area contributed by atoms with Crippen LogP contribution in [0.4, 0.5) is 0 Å². The fourth-order valence-corrected chi connectivity index (χ4v) is 4.10. The second kappa shape index (κ2) is 9.04. The second-order valence-electron chi connectivity index (χ2n) is 6.39. The molecule has 2 N–H and O–H groups in total. The first-order chi connectivity index (χ1) is 14.2. The summed E-state index contributed by atoms with van der Waals surface area (Å²) in [5, 5.41) is 9.47. The topological polar surface area (TPSA) is 127 Å². The third-order valence-corrected chi connectivity index (χ3v) is 6.21. The van der Waals surface area contributed by atoms with E-state index in [2.05, 4.69) is 25.6 Å². The van der Waals surface area contributed by atoms with Crippen molar-refractivity contribution in [2.75, 3.05) is 6.61 Å². The number of aliphatic hydroxyl groups excluding tert-OH is 1. The van der Waals surface area contributed by atoms with Gasteiger partial charge in [0.15, 0.2) is 0 Å². The van der Waals surface area contributed by atoms with Crippen molar-refractivity contribution in [3.8, 4) is 0 Å². The molecule has 0 spiro atoms. The molecule has 9 nitrogen and oxygen atoms in total. The van der Waals surface area contributed by atoms with E-state index in [0.717, 1.165) is 5.56 Å². The van der Waals surface area contributed by atoms with Gasteiger partial charge in [-0.05, 0) is 42.8 Å². The number of nitrogens with zero attached hydrogens (tertiary/aromatic N) is 2. The molecule has 2 aromatic heterocycles. The Kier molecular flexibility index (Phi) is 6.66. The number of halogens is 1. The molecular weight excluding hydrogens is 478 g/mol. The molecule has 1 atom stereocenters. The summed E-state index contributed by atoms with van der Waals surface area (Å²) >= 11 is 3.21.